The predicted molar refractivity (Wildman–Crippen MR) is 73.8 cm³/mol. The molecule has 0 saturated carbocycles. The van der Waals surface area contributed by atoms with Crippen LogP contribution in [0.3, 0.4) is 0 Å². The zero-order valence-electron chi connectivity index (χ0n) is 11.6. The van der Waals surface area contributed by atoms with Gasteiger partial charge in [0.2, 0.25) is 0 Å². The van der Waals surface area contributed by atoms with Crippen LogP contribution in [0.25, 0.3) is 0 Å². The van der Waals surface area contributed by atoms with Crippen molar-refractivity contribution in [2.45, 2.75) is 39.5 Å². The zero-order valence-corrected chi connectivity index (χ0v) is 11.6. The van der Waals surface area contributed by atoms with E-state index in [2.05, 4.69) is 26.6 Å². The van der Waals surface area contributed by atoms with Gasteiger partial charge in [-0.1, -0.05) is 18.2 Å². The Morgan fingerprint density at radius 2 is 2.05 bits per heavy atom. The molecule has 19 heavy (non-hydrogen) atoms. The Hall–Kier alpha value is -1.88. The lowest BCUT2D eigenvalue weighted by atomic mass is 10.2. The number of aromatic amines is 1. The molecule has 0 spiro atoms. The van der Waals surface area contributed by atoms with Crippen LogP contribution < -0.4 is 10.1 Å². The maximum atomic E-state index is 5.79. The smallest absolute Gasteiger partial charge is 0.141 e. The van der Waals surface area contributed by atoms with Gasteiger partial charge in [0, 0.05) is 12.1 Å². The van der Waals surface area contributed by atoms with Crippen molar-refractivity contribution < 1.29 is 4.74 Å². The maximum Gasteiger partial charge on any atom is 0.141 e. The molecule has 1 heterocycles. The molecule has 0 radical (unpaired) electrons. The molecule has 102 valence electrons. The fraction of sp³-hybridized carbons (Fsp3) is 0.429. The lowest BCUT2D eigenvalue weighted by molar-refractivity contribution is 0.239. The van der Waals surface area contributed by atoms with E-state index in [1.165, 1.54) is 6.33 Å². The first-order valence-corrected chi connectivity index (χ1v) is 6.50. The molecule has 2 rings (SSSR count). The summed E-state index contributed by atoms with van der Waals surface area (Å²) in [6, 6.07) is 8.19. The van der Waals surface area contributed by atoms with E-state index < -0.39 is 0 Å². The predicted octanol–water partition coefficient (Wildman–Crippen LogP) is 2.44. The Bertz CT molecular complexity index is 496. The number of aromatic nitrogens is 3. The number of nitrogens with one attached hydrogen (secondary N) is 2. The molecular formula is C14H20N4O. The number of para-hydroxylation sites is 1. The van der Waals surface area contributed by atoms with Gasteiger partial charge in [-0.25, -0.2) is 4.98 Å². The molecule has 0 aliphatic heterocycles. The average Bonchev–Trinajstić information content (AvgIpc) is 2.90. The molecule has 1 unspecified atom stereocenters. The zero-order chi connectivity index (χ0) is 13.7. The van der Waals surface area contributed by atoms with Crippen LogP contribution in [0.15, 0.2) is 30.6 Å². The molecule has 0 amide bonds. The number of hydrogen-bond acceptors (Lipinski definition) is 4. The summed E-state index contributed by atoms with van der Waals surface area (Å²) in [6.07, 6.45) is 1.69. The van der Waals surface area contributed by atoms with Crippen molar-refractivity contribution >= 4 is 0 Å². The van der Waals surface area contributed by atoms with Crippen LogP contribution in [-0.2, 0) is 6.54 Å². The van der Waals surface area contributed by atoms with Gasteiger partial charge in [0.25, 0.3) is 0 Å². The van der Waals surface area contributed by atoms with Crippen molar-refractivity contribution in [1.29, 1.82) is 0 Å². The number of benzene rings is 1. The number of hydrogen-bond donors (Lipinski definition) is 2. The fourth-order valence-electron chi connectivity index (χ4n) is 1.80. The first-order valence-electron chi connectivity index (χ1n) is 6.50. The Morgan fingerprint density at radius 3 is 2.74 bits per heavy atom. The monoisotopic (exact) mass is 260 g/mol. The standard InChI is InChI=1S/C14H20N4O/c1-10(2)19-13-7-5-4-6-12(13)8-15-11(3)14-16-9-17-18-14/h4-7,9-11,15H,8H2,1-3H3,(H,16,17,18). The third kappa shape index (κ3) is 3.79. The molecule has 0 saturated heterocycles. The molecule has 5 nitrogen and oxygen atoms in total. The Labute approximate surface area is 113 Å². The third-order valence-corrected chi connectivity index (χ3v) is 2.78. The van der Waals surface area contributed by atoms with E-state index in [-0.39, 0.29) is 12.1 Å². The van der Waals surface area contributed by atoms with E-state index in [0.717, 1.165) is 23.7 Å². The topological polar surface area (TPSA) is 62.8 Å². The highest BCUT2D eigenvalue weighted by atomic mass is 16.5. The average molecular weight is 260 g/mol. The van der Waals surface area contributed by atoms with Crippen LogP contribution in [0.4, 0.5) is 0 Å². The fourth-order valence-corrected chi connectivity index (χ4v) is 1.80. The van der Waals surface area contributed by atoms with E-state index in [1.54, 1.807) is 0 Å². The Morgan fingerprint density at radius 1 is 1.26 bits per heavy atom. The van der Waals surface area contributed by atoms with Crippen molar-refractivity contribution in [2.24, 2.45) is 0 Å². The summed E-state index contributed by atoms with van der Waals surface area (Å²) < 4.78 is 5.79. The van der Waals surface area contributed by atoms with Crippen LogP contribution in [0, 0.1) is 0 Å². The Kier molecular flexibility index (Phi) is 4.52. The molecule has 1 aromatic heterocycles. The second-order valence-electron chi connectivity index (χ2n) is 4.75. The van der Waals surface area contributed by atoms with Crippen LogP contribution in [0.2, 0.25) is 0 Å². The summed E-state index contributed by atoms with van der Waals surface area (Å²) in [7, 11) is 0. The van der Waals surface area contributed by atoms with Gasteiger partial charge in [0.05, 0.1) is 12.1 Å². The lowest BCUT2D eigenvalue weighted by Crippen LogP contribution is -2.20. The third-order valence-electron chi connectivity index (χ3n) is 2.78. The van der Waals surface area contributed by atoms with Crippen molar-refractivity contribution in [3.05, 3.63) is 42.0 Å². The van der Waals surface area contributed by atoms with Gasteiger partial charge >= 0.3 is 0 Å². The molecule has 0 aliphatic carbocycles. The summed E-state index contributed by atoms with van der Waals surface area (Å²) in [5.41, 5.74) is 1.14. The molecule has 0 fully saturated rings. The Balaban J connectivity index is 1.99. The van der Waals surface area contributed by atoms with E-state index in [0.29, 0.717) is 0 Å². The van der Waals surface area contributed by atoms with Crippen molar-refractivity contribution in [3.8, 4) is 5.75 Å². The van der Waals surface area contributed by atoms with Gasteiger partial charge in [0.1, 0.15) is 17.9 Å². The van der Waals surface area contributed by atoms with Gasteiger partial charge in [-0.3, -0.25) is 5.10 Å². The van der Waals surface area contributed by atoms with Gasteiger partial charge in [-0.05, 0) is 26.8 Å². The first-order chi connectivity index (χ1) is 9.16. The highest BCUT2D eigenvalue weighted by Gasteiger charge is 2.10. The summed E-state index contributed by atoms with van der Waals surface area (Å²) >= 11 is 0. The molecule has 2 aromatic rings. The molecule has 1 atom stereocenters. The molecular weight excluding hydrogens is 240 g/mol. The van der Waals surface area contributed by atoms with Gasteiger partial charge in [-0.2, -0.15) is 5.10 Å². The minimum Gasteiger partial charge on any atom is -0.491 e. The molecule has 2 N–H and O–H groups in total. The van der Waals surface area contributed by atoms with Crippen molar-refractivity contribution in [1.82, 2.24) is 20.5 Å². The number of rotatable bonds is 6. The van der Waals surface area contributed by atoms with E-state index in [9.17, 15) is 0 Å². The van der Waals surface area contributed by atoms with Crippen LogP contribution in [0.5, 0.6) is 5.75 Å². The molecule has 5 heteroatoms. The quantitative estimate of drug-likeness (QED) is 0.837. The number of ether oxygens (including phenoxy) is 1. The number of H-pyrrole nitrogens is 1. The minimum absolute atomic E-state index is 0.120. The second kappa shape index (κ2) is 6.33. The van der Waals surface area contributed by atoms with Crippen LogP contribution >= 0.6 is 0 Å². The summed E-state index contributed by atoms with van der Waals surface area (Å²) in [5.74, 6) is 1.76. The summed E-state index contributed by atoms with van der Waals surface area (Å²) in [6.45, 7) is 6.83. The van der Waals surface area contributed by atoms with Gasteiger partial charge in [0.15, 0.2) is 0 Å². The van der Waals surface area contributed by atoms with Crippen molar-refractivity contribution in [2.75, 3.05) is 0 Å². The molecule has 1 aromatic carbocycles. The maximum absolute atomic E-state index is 5.79. The second-order valence-corrected chi connectivity index (χ2v) is 4.75. The van der Waals surface area contributed by atoms with Crippen LogP contribution in [0.1, 0.15) is 38.2 Å². The number of nitrogens with zero attached hydrogens (tertiary/aromatic N) is 2. The highest BCUT2D eigenvalue weighted by molar-refractivity contribution is 5.33. The van der Waals surface area contributed by atoms with E-state index >= 15 is 0 Å². The van der Waals surface area contributed by atoms with E-state index in [4.69, 9.17) is 4.74 Å². The first kappa shape index (κ1) is 13.5. The summed E-state index contributed by atoms with van der Waals surface area (Å²) in [4.78, 5) is 4.14. The normalized spacial score (nSPS) is 12.6. The SMILES string of the molecule is CC(C)Oc1ccccc1CNC(C)c1ncn[nH]1. The van der Waals surface area contributed by atoms with Crippen LogP contribution in [-0.4, -0.2) is 21.3 Å². The van der Waals surface area contributed by atoms with E-state index in [1.807, 2.05) is 39.0 Å². The lowest BCUT2D eigenvalue weighted by Gasteiger charge is -2.16. The minimum atomic E-state index is 0.120. The highest BCUT2D eigenvalue weighted by Crippen LogP contribution is 2.20. The molecule has 0 aliphatic rings. The van der Waals surface area contributed by atoms with Gasteiger partial charge in [-0.15, -0.1) is 0 Å². The molecule has 0 bridgehead atoms. The van der Waals surface area contributed by atoms with Gasteiger partial charge < -0.3 is 10.1 Å². The largest absolute Gasteiger partial charge is 0.491 e. The summed E-state index contributed by atoms with van der Waals surface area (Å²) in [5, 5.41) is 10.1. The van der Waals surface area contributed by atoms with Crippen molar-refractivity contribution in [3.63, 3.8) is 0 Å².